The number of hydrogen-bond acceptors (Lipinski definition) is 7. The second-order valence-electron chi connectivity index (χ2n) is 17.8. The van der Waals surface area contributed by atoms with Crippen molar-refractivity contribution in [2.75, 3.05) is 26.4 Å². The third-order valence-electron chi connectivity index (χ3n) is 12.9. The first-order chi connectivity index (χ1) is 26.4. The molecule has 3 aliphatic heterocycles. The second kappa shape index (κ2) is 27.9. The van der Waals surface area contributed by atoms with Gasteiger partial charge in [0.05, 0.1) is 11.8 Å². The molecule has 0 spiro atoms. The fourth-order valence-electron chi connectivity index (χ4n) is 9.43. The molecular formula is C47H84O7. The number of carbonyl (C=O) groups excluding carboxylic acids is 3. The van der Waals surface area contributed by atoms with Gasteiger partial charge >= 0.3 is 17.9 Å². The fraction of sp³-hybridized carbons (Fsp3) is 0.936. The molecule has 3 rings (SSSR count). The summed E-state index contributed by atoms with van der Waals surface area (Å²) in [6.07, 6.45) is 41.3. The minimum atomic E-state index is -1.70. The van der Waals surface area contributed by atoms with E-state index in [0.717, 1.165) is 38.5 Å². The van der Waals surface area contributed by atoms with Gasteiger partial charge in [-0.2, -0.15) is 0 Å². The summed E-state index contributed by atoms with van der Waals surface area (Å²) in [5.41, 5.74) is -3.65. The van der Waals surface area contributed by atoms with Crippen LogP contribution in [0.3, 0.4) is 0 Å². The van der Waals surface area contributed by atoms with Gasteiger partial charge in [0.1, 0.15) is 25.2 Å². The van der Waals surface area contributed by atoms with Crippen molar-refractivity contribution in [3.8, 4) is 0 Å². The van der Waals surface area contributed by atoms with Crippen LogP contribution in [0.25, 0.3) is 0 Å². The summed E-state index contributed by atoms with van der Waals surface area (Å²) >= 11 is 0. The smallest absolute Gasteiger partial charge is 0.340 e. The number of cyclic esters (lactones) is 3. The summed E-state index contributed by atoms with van der Waals surface area (Å²) in [7, 11) is 0. The highest BCUT2D eigenvalue weighted by atomic mass is 16.6. The molecule has 3 unspecified atom stereocenters. The van der Waals surface area contributed by atoms with Crippen LogP contribution in [0.4, 0.5) is 0 Å². The van der Waals surface area contributed by atoms with Gasteiger partial charge in [-0.25, -0.2) is 4.79 Å². The number of rotatable bonds is 35. The lowest BCUT2D eigenvalue weighted by molar-refractivity contribution is -0.224. The van der Waals surface area contributed by atoms with Crippen molar-refractivity contribution in [3.63, 3.8) is 0 Å². The minimum absolute atomic E-state index is 0.0806. The average molecular weight is 761 g/mol. The first kappa shape index (κ1) is 46.8. The highest BCUT2D eigenvalue weighted by Crippen LogP contribution is 2.57. The Balaban J connectivity index is 1.38. The first-order valence-corrected chi connectivity index (χ1v) is 23.6. The minimum Gasteiger partial charge on any atom is -0.465 e. The maximum Gasteiger partial charge on any atom is 0.340 e. The molecule has 0 aromatic rings. The van der Waals surface area contributed by atoms with E-state index < -0.39 is 34.3 Å². The van der Waals surface area contributed by atoms with E-state index in [0.29, 0.717) is 19.4 Å². The topological polar surface area (TPSA) is 88.1 Å². The Kier molecular flexibility index (Phi) is 24.1. The molecule has 54 heavy (non-hydrogen) atoms. The third kappa shape index (κ3) is 16.1. The van der Waals surface area contributed by atoms with Crippen molar-refractivity contribution in [3.05, 3.63) is 0 Å². The van der Waals surface area contributed by atoms with E-state index in [1.807, 2.05) is 0 Å². The van der Waals surface area contributed by atoms with Crippen LogP contribution in [0.15, 0.2) is 0 Å². The van der Waals surface area contributed by atoms with E-state index >= 15 is 0 Å². The number of unbranched alkanes of at least 4 members (excludes halogenated alkanes) is 30. The summed E-state index contributed by atoms with van der Waals surface area (Å²) in [6, 6.07) is 0. The third-order valence-corrected chi connectivity index (χ3v) is 12.9. The summed E-state index contributed by atoms with van der Waals surface area (Å²) < 4.78 is 23.9. The number of carbonyl (C=O) groups is 3. The summed E-state index contributed by atoms with van der Waals surface area (Å²) in [6.45, 7) is 5.14. The van der Waals surface area contributed by atoms with Crippen molar-refractivity contribution in [1.29, 1.82) is 0 Å². The summed E-state index contributed by atoms with van der Waals surface area (Å²) in [4.78, 5) is 41.0. The summed E-state index contributed by atoms with van der Waals surface area (Å²) in [5.74, 6) is -1.48. The summed E-state index contributed by atoms with van der Waals surface area (Å²) in [5, 5.41) is 0. The van der Waals surface area contributed by atoms with Crippen LogP contribution >= 0.6 is 0 Å². The molecule has 7 heteroatoms. The molecule has 3 heterocycles. The van der Waals surface area contributed by atoms with E-state index in [1.165, 1.54) is 167 Å². The molecule has 3 aliphatic rings. The molecule has 0 aromatic carbocycles. The number of hydrogen-bond donors (Lipinski definition) is 0. The molecule has 0 aromatic heterocycles. The van der Waals surface area contributed by atoms with E-state index in [9.17, 15) is 14.4 Å². The van der Waals surface area contributed by atoms with Gasteiger partial charge in [-0.05, 0) is 19.3 Å². The Bertz CT molecular complexity index is 1010. The SMILES string of the molecule is CCCCCCCCCCCCCCCCCCOC12CC(=O)OCC3(COC(=O)C1(CCCCCCCCCCCCCCCCCC)C3)COC2=O. The zero-order valence-corrected chi connectivity index (χ0v) is 35.4. The molecule has 0 N–H and O–H groups in total. The van der Waals surface area contributed by atoms with E-state index in [1.54, 1.807) is 0 Å². The van der Waals surface area contributed by atoms with E-state index in [-0.39, 0.29) is 26.2 Å². The van der Waals surface area contributed by atoms with Crippen LogP contribution in [0, 0.1) is 10.8 Å². The van der Waals surface area contributed by atoms with E-state index in [2.05, 4.69) is 13.8 Å². The van der Waals surface area contributed by atoms with Crippen molar-refractivity contribution >= 4 is 17.9 Å². The van der Waals surface area contributed by atoms with Gasteiger partial charge in [0, 0.05) is 6.61 Å². The van der Waals surface area contributed by atoms with Crippen molar-refractivity contribution in [2.45, 2.75) is 244 Å². The lowest BCUT2D eigenvalue weighted by atomic mass is 9.58. The molecule has 3 saturated heterocycles. The van der Waals surface area contributed by atoms with Crippen LogP contribution in [0.2, 0.25) is 0 Å². The molecule has 3 fully saturated rings. The second-order valence-corrected chi connectivity index (χ2v) is 17.8. The van der Waals surface area contributed by atoms with Gasteiger partial charge in [0.15, 0.2) is 5.60 Å². The quantitative estimate of drug-likeness (QED) is 0.0361. The largest absolute Gasteiger partial charge is 0.465 e. The van der Waals surface area contributed by atoms with Crippen LogP contribution in [-0.4, -0.2) is 49.9 Å². The van der Waals surface area contributed by atoms with E-state index in [4.69, 9.17) is 18.9 Å². The molecule has 0 radical (unpaired) electrons. The van der Waals surface area contributed by atoms with Gasteiger partial charge in [0.25, 0.3) is 0 Å². The van der Waals surface area contributed by atoms with Gasteiger partial charge in [0.2, 0.25) is 0 Å². The predicted octanol–water partition coefficient (Wildman–Crippen LogP) is 13.1. The van der Waals surface area contributed by atoms with Crippen LogP contribution in [0.1, 0.15) is 239 Å². The maximum absolute atomic E-state index is 13.9. The lowest BCUT2D eigenvalue weighted by Crippen LogP contribution is -2.65. The molecule has 3 atom stereocenters. The zero-order chi connectivity index (χ0) is 38.6. The fourth-order valence-corrected chi connectivity index (χ4v) is 9.43. The Hall–Kier alpha value is -1.63. The lowest BCUT2D eigenvalue weighted by Gasteiger charge is -2.51. The molecule has 314 valence electrons. The highest BCUT2D eigenvalue weighted by molar-refractivity contribution is 5.95. The Labute approximate surface area is 331 Å². The molecule has 0 aliphatic carbocycles. The van der Waals surface area contributed by atoms with Gasteiger partial charge in [-0.15, -0.1) is 0 Å². The average Bonchev–Trinajstić information content (AvgIpc) is 3.21. The van der Waals surface area contributed by atoms with Crippen LogP contribution < -0.4 is 0 Å². The number of esters is 3. The predicted molar refractivity (Wildman–Crippen MR) is 219 cm³/mol. The van der Waals surface area contributed by atoms with Gasteiger partial charge < -0.3 is 18.9 Å². The Morgan fingerprint density at radius 3 is 1.22 bits per heavy atom. The number of ether oxygens (including phenoxy) is 4. The van der Waals surface area contributed by atoms with Crippen LogP contribution in [-0.2, 0) is 33.3 Å². The standard InChI is InChI=1S/C47H84O7/c1-3-5-7-9-11-13-15-17-19-21-23-25-27-29-31-33-35-46-38-45(40-52-43(46)49)39-51-42(48)37-47(46,44(50)53-41-45)54-36-34-32-30-28-26-24-22-20-18-16-14-12-10-8-6-4-2/h3-41H2,1-2H3. The van der Waals surface area contributed by atoms with Crippen molar-refractivity contribution in [2.24, 2.45) is 10.8 Å². The Morgan fingerprint density at radius 1 is 0.444 bits per heavy atom. The zero-order valence-electron chi connectivity index (χ0n) is 35.4. The van der Waals surface area contributed by atoms with Crippen molar-refractivity contribution < 1.29 is 33.3 Å². The molecule has 0 saturated carbocycles. The molecule has 0 amide bonds. The molecule has 7 nitrogen and oxygen atoms in total. The maximum atomic E-state index is 13.9. The monoisotopic (exact) mass is 761 g/mol. The Morgan fingerprint density at radius 2 is 0.796 bits per heavy atom. The van der Waals surface area contributed by atoms with Gasteiger partial charge in [-0.1, -0.05) is 213 Å². The normalized spacial score (nSPS) is 23.8. The highest BCUT2D eigenvalue weighted by Gasteiger charge is 2.71. The van der Waals surface area contributed by atoms with Gasteiger partial charge in [-0.3, -0.25) is 9.59 Å². The first-order valence-electron chi connectivity index (χ1n) is 23.6. The van der Waals surface area contributed by atoms with Crippen molar-refractivity contribution in [1.82, 2.24) is 0 Å². The van der Waals surface area contributed by atoms with Crippen LogP contribution in [0.5, 0.6) is 0 Å². The molecular weight excluding hydrogens is 677 g/mol. The molecule has 3 bridgehead atoms.